The molecular weight excluding hydrogens is 431 g/mol. The summed E-state index contributed by atoms with van der Waals surface area (Å²) in [6, 6.07) is 8.31. The maximum Gasteiger partial charge on any atom is 0.417 e. The number of aromatic nitrogens is 4. The smallest absolute Gasteiger partial charge is 0.417 e. The van der Waals surface area contributed by atoms with Crippen LogP contribution in [0.25, 0.3) is 22.6 Å². The Morgan fingerprint density at radius 2 is 1.75 bits per heavy atom. The van der Waals surface area contributed by atoms with Crippen molar-refractivity contribution in [2.24, 2.45) is 0 Å². The molecule has 4 aromatic rings. The molecule has 0 bridgehead atoms. The summed E-state index contributed by atoms with van der Waals surface area (Å²) < 4.78 is 70.3. The lowest BCUT2D eigenvalue weighted by Gasteiger charge is -2.11. The quantitative estimate of drug-likeness (QED) is 0.315. The van der Waals surface area contributed by atoms with Crippen molar-refractivity contribution in [3.63, 3.8) is 0 Å². The summed E-state index contributed by atoms with van der Waals surface area (Å²) in [7, 11) is 0. The number of hydrogen-bond donors (Lipinski definition) is 1. The van der Waals surface area contributed by atoms with Gasteiger partial charge in [0.1, 0.15) is 29.7 Å². The summed E-state index contributed by atoms with van der Waals surface area (Å²) in [4.78, 5) is 14.6. The highest BCUT2D eigenvalue weighted by Crippen LogP contribution is 2.30. The second kappa shape index (κ2) is 8.37. The van der Waals surface area contributed by atoms with Crippen molar-refractivity contribution in [2.45, 2.75) is 19.7 Å². The van der Waals surface area contributed by atoms with Crippen LogP contribution in [0.3, 0.4) is 0 Å². The van der Waals surface area contributed by atoms with Crippen LogP contribution in [0.1, 0.15) is 16.8 Å². The molecule has 0 fully saturated rings. The lowest BCUT2D eigenvalue weighted by molar-refractivity contribution is -0.138. The first kappa shape index (κ1) is 21.4. The zero-order valence-electron chi connectivity index (χ0n) is 16.5. The highest BCUT2D eigenvalue weighted by atomic mass is 19.4. The Balaban J connectivity index is 1.48. The molecule has 0 amide bonds. The molecule has 0 unspecified atom stereocenters. The van der Waals surface area contributed by atoms with Crippen LogP contribution < -0.4 is 4.74 Å². The molecule has 164 valence electrons. The standard InChI is InChI=1S/C22H15F5N4O/c1-12-6-15(32-11-19-17(23)7-14(9-28-19)22(25,26)27)3-4-16(12)18-10-30-21(31-18)13-2-5-20(24)29-8-13/h2-10H,11H2,1H3,(H,30,31). The highest BCUT2D eigenvalue weighted by Gasteiger charge is 2.31. The van der Waals surface area contributed by atoms with Gasteiger partial charge in [0.25, 0.3) is 0 Å². The Hall–Kier alpha value is -3.82. The molecule has 5 nitrogen and oxygen atoms in total. The average molecular weight is 446 g/mol. The van der Waals surface area contributed by atoms with Gasteiger partial charge in [-0.1, -0.05) is 0 Å². The van der Waals surface area contributed by atoms with Crippen molar-refractivity contribution in [2.75, 3.05) is 0 Å². The maximum absolute atomic E-state index is 13.9. The van der Waals surface area contributed by atoms with Crippen molar-refractivity contribution in [1.29, 1.82) is 0 Å². The van der Waals surface area contributed by atoms with E-state index in [9.17, 15) is 22.0 Å². The van der Waals surface area contributed by atoms with Crippen molar-refractivity contribution in [1.82, 2.24) is 19.9 Å². The SMILES string of the molecule is Cc1cc(OCc2ncc(C(F)(F)F)cc2F)ccc1-c1cnc(-c2ccc(F)nc2)[nH]1. The molecule has 0 atom stereocenters. The molecule has 3 aromatic heterocycles. The molecular formula is C22H15F5N4O. The number of nitrogens with zero attached hydrogens (tertiary/aromatic N) is 3. The number of aryl methyl sites for hydroxylation is 1. The van der Waals surface area contributed by atoms with Crippen LogP contribution in [0.2, 0.25) is 0 Å². The molecule has 4 rings (SSSR count). The van der Waals surface area contributed by atoms with E-state index in [1.165, 1.54) is 12.3 Å². The molecule has 0 radical (unpaired) electrons. The summed E-state index contributed by atoms with van der Waals surface area (Å²) in [5, 5.41) is 0. The monoisotopic (exact) mass is 446 g/mol. The van der Waals surface area contributed by atoms with Gasteiger partial charge in [0, 0.05) is 23.5 Å². The van der Waals surface area contributed by atoms with Crippen LogP contribution in [0, 0.1) is 18.7 Å². The lowest BCUT2D eigenvalue weighted by atomic mass is 10.1. The second-order valence-electron chi connectivity index (χ2n) is 6.93. The molecule has 0 spiro atoms. The number of nitrogens with one attached hydrogen (secondary N) is 1. The number of imidazole rings is 1. The Labute approximate surface area is 179 Å². The van der Waals surface area contributed by atoms with Crippen LogP contribution in [-0.4, -0.2) is 19.9 Å². The molecule has 1 N–H and O–H groups in total. The van der Waals surface area contributed by atoms with Gasteiger partial charge in [0.2, 0.25) is 5.95 Å². The largest absolute Gasteiger partial charge is 0.487 e. The van der Waals surface area contributed by atoms with E-state index in [1.807, 2.05) is 6.92 Å². The van der Waals surface area contributed by atoms with Gasteiger partial charge >= 0.3 is 6.18 Å². The number of aromatic amines is 1. The summed E-state index contributed by atoms with van der Waals surface area (Å²) in [6.45, 7) is 1.51. The number of hydrogen-bond acceptors (Lipinski definition) is 4. The Morgan fingerprint density at radius 3 is 2.41 bits per heavy atom. The Morgan fingerprint density at radius 1 is 0.938 bits per heavy atom. The fourth-order valence-electron chi connectivity index (χ4n) is 3.03. The predicted molar refractivity (Wildman–Crippen MR) is 105 cm³/mol. The number of ether oxygens (including phenoxy) is 1. The number of benzene rings is 1. The average Bonchev–Trinajstić information content (AvgIpc) is 3.22. The van der Waals surface area contributed by atoms with Crippen molar-refractivity contribution in [3.8, 4) is 28.4 Å². The third-order valence-electron chi connectivity index (χ3n) is 4.68. The molecule has 0 saturated carbocycles. The van der Waals surface area contributed by atoms with Gasteiger partial charge in [-0.15, -0.1) is 0 Å². The van der Waals surface area contributed by atoms with Crippen LogP contribution in [-0.2, 0) is 12.8 Å². The first-order valence-electron chi connectivity index (χ1n) is 9.33. The molecule has 32 heavy (non-hydrogen) atoms. The minimum Gasteiger partial charge on any atom is -0.487 e. The summed E-state index contributed by atoms with van der Waals surface area (Å²) in [6.07, 6.45) is -1.10. The van der Waals surface area contributed by atoms with Gasteiger partial charge in [-0.3, -0.25) is 4.98 Å². The van der Waals surface area contributed by atoms with Crippen molar-refractivity contribution >= 4 is 0 Å². The molecule has 0 aliphatic carbocycles. The Bertz CT molecular complexity index is 1250. The van der Waals surface area contributed by atoms with E-state index in [0.29, 0.717) is 35.1 Å². The molecule has 0 aliphatic heterocycles. The van der Waals surface area contributed by atoms with Crippen LogP contribution in [0.15, 0.2) is 55.0 Å². The summed E-state index contributed by atoms with van der Waals surface area (Å²) in [5.41, 5.74) is 1.59. The maximum atomic E-state index is 13.9. The first-order valence-corrected chi connectivity index (χ1v) is 9.33. The van der Waals surface area contributed by atoms with Gasteiger partial charge in [-0.05, 0) is 48.9 Å². The van der Waals surface area contributed by atoms with E-state index >= 15 is 0 Å². The van der Waals surface area contributed by atoms with E-state index in [0.717, 1.165) is 11.1 Å². The van der Waals surface area contributed by atoms with Crippen LogP contribution in [0.4, 0.5) is 22.0 Å². The van der Waals surface area contributed by atoms with Crippen molar-refractivity contribution < 1.29 is 26.7 Å². The number of H-pyrrole nitrogens is 1. The number of halogens is 5. The van der Waals surface area contributed by atoms with Gasteiger partial charge < -0.3 is 9.72 Å². The highest BCUT2D eigenvalue weighted by molar-refractivity contribution is 5.67. The zero-order chi connectivity index (χ0) is 22.9. The summed E-state index contributed by atoms with van der Waals surface area (Å²) >= 11 is 0. The van der Waals surface area contributed by atoms with Gasteiger partial charge in [0.15, 0.2) is 0 Å². The van der Waals surface area contributed by atoms with Crippen LogP contribution >= 0.6 is 0 Å². The number of rotatable bonds is 5. The minimum atomic E-state index is -4.67. The van der Waals surface area contributed by atoms with Crippen molar-refractivity contribution in [3.05, 3.63) is 83.6 Å². The van der Waals surface area contributed by atoms with Gasteiger partial charge in [-0.2, -0.15) is 17.6 Å². The second-order valence-corrected chi connectivity index (χ2v) is 6.93. The van der Waals surface area contributed by atoms with E-state index < -0.39 is 23.5 Å². The molecule has 1 aromatic carbocycles. The van der Waals surface area contributed by atoms with Gasteiger partial charge in [0.05, 0.1) is 17.5 Å². The van der Waals surface area contributed by atoms with Crippen LogP contribution in [0.5, 0.6) is 5.75 Å². The molecule has 3 heterocycles. The van der Waals surface area contributed by atoms with E-state index in [2.05, 4.69) is 19.9 Å². The number of pyridine rings is 2. The first-order chi connectivity index (χ1) is 15.2. The van der Waals surface area contributed by atoms with E-state index in [-0.39, 0.29) is 12.3 Å². The van der Waals surface area contributed by atoms with E-state index in [4.69, 9.17) is 4.74 Å². The fourth-order valence-corrected chi connectivity index (χ4v) is 3.03. The zero-order valence-corrected chi connectivity index (χ0v) is 16.5. The van der Waals surface area contributed by atoms with E-state index in [1.54, 1.807) is 30.5 Å². The topological polar surface area (TPSA) is 63.7 Å². The molecule has 0 aliphatic rings. The Kier molecular flexibility index (Phi) is 5.60. The lowest BCUT2D eigenvalue weighted by Crippen LogP contribution is -2.09. The third-order valence-corrected chi connectivity index (χ3v) is 4.68. The summed E-state index contributed by atoms with van der Waals surface area (Å²) in [5.74, 6) is -0.752. The molecule has 0 saturated heterocycles. The van der Waals surface area contributed by atoms with Gasteiger partial charge in [-0.25, -0.2) is 14.4 Å². The fraction of sp³-hybridized carbons (Fsp3) is 0.136. The minimum absolute atomic E-state index is 0.231. The molecule has 10 heteroatoms. The predicted octanol–water partition coefficient (Wildman–Crippen LogP) is 5.72. The third kappa shape index (κ3) is 4.58. The normalized spacial score (nSPS) is 11.6. The number of alkyl halides is 3.